The summed E-state index contributed by atoms with van der Waals surface area (Å²) in [4.78, 5) is 17.0. The minimum Gasteiger partial charge on any atom is -0.376 e. The number of nitrogens with zero attached hydrogens (tertiary/aromatic N) is 3. The van der Waals surface area contributed by atoms with Crippen LogP contribution in [0.15, 0.2) is 23.1 Å². The molecule has 0 unspecified atom stereocenters. The molecule has 1 amide bonds. The fourth-order valence-electron chi connectivity index (χ4n) is 4.04. The van der Waals surface area contributed by atoms with Crippen LogP contribution in [0.2, 0.25) is 0 Å². The standard InChI is InChI=1S/C20H28N4O4S/c1-23-18-7-6-16(29(26,27)24-10-2-3-11-24)13-17(18)22-19(23)8-9-20(25)21-14-15-5-4-12-28-15/h6-7,13,15H,2-5,8-12,14H2,1H3,(H,21,25)/t15-/m0/s1. The van der Waals surface area contributed by atoms with Gasteiger partial charge in [0.15, 0.2) is 0 Å². The Kier molecular flexibility index (Phi) is 5.89. The first-order chi connectivity index (χ1) is 13.9. The monoisotopic (exact) mass is 420 g/mol. The molecule has 8 nitrogen and oxygen atoms in total. The number of aromatic nitrogens is 2. The zero-order valence-electron chi connectivity index (χ0n) is 16.8. The summed E-state index contributed by atoms with van der Waals surface area (Å²) in [5.74, 6) is 0.743. The van der Waals surface area contributed by atoms with Gasteiger partial charge in [-0.25, -0.2) is 13.4 Å². The Morgan fingerprint density at radius 2 is 2.07 bits per heavy atom. The molecule has 1 atom stereocenters. The Morgan fingerprint density at radius 1 is 1.28 bits per heavy atom. The highest BCUT2D eigenvalue weighted by atomic mass is 32.2. The van der Waals surface area contributed by atoms with Crippen LogP contribution in [0, 0.1) is 0 Å². The predicted octanol–water partition coefficient (Wildman–Crippen LogP) is 1.59. The number of hydrogen-bond acceptors (Lipinski definition) is 5. The van der Waals surface area contributed by atoms with Crippen molar-refractivity contribution in [2.45, 2.75) is 49.5 Å². The van der Waals surface area contributed by atoms with Crippen LogP contribution in [0.4, 0.5) is 0 Å². The molecule has 0 bridgehead atoms. The van der Waals surface area contributed by atoms with Crippen molar-refractivity contribution in [1.29, 1.82) is 0 Å². The second-order valence-electron chi connectivity index (χ2n) is 7.79. The SMILES string of the molecule is Cn1c(CCC(=O)NC[C@@H]2CCCO2)nc2cc(S(=O)(=O)N3CCCC3)ccc21. The van der Waals surface area contributed by atoms with Gasteiger partial charge in [-0.1, -0.05) is 0 Å². The molecule has 2 saturated heterocycles. The summed E-state index contributed by atoms with van der Waals surface area (Å²) in [5.41, 5.74) is 1.50. The van der Waals surface area contributed by atoms with Gasteiger partial charge in [-0.2, -0.15) is 4.31 Å². The summed E-state index contributed by atoms with van der Waals surface area (Å²) in [6.07, 6.45) is 4.82. The molecule has 2 aliphatic rings. The molecule has 3 heterocycles. The molecule has 2 fully saturated rings. The summed E-state index contributed by atoms with van der Waals surface area (Å²) in [6, 6.07) is 5.09. The number of nitrogens with one attached hydrogen (secondary N) is 1. The van der Waals surface area contributed by atoms with E-state index in [1.807, 2.05) is 11.6 Å². The van der Waals surface area contributed by atoms with E-state index in [9.17, 15) is 13.2 Å². The summed E-state index contributed by atoms with van der Waals surface area (Å²) in [7, 11) is -1.57. The number of carbonyl (C=O) groups is 1. The highest BCUT2D eigenvalue weighted by Crippen LogP contribution is 2.25. The number of amides is 1. The van der Waals surface area contributed by atoms with Crippen LogP contribution in [-0.2, 0) is 33.0 Å². The van der Waals surface area contributed by atoms with Gasteiger partial charge in [0, 0.05) is 46.1 Å². The second kappa shape index (κ2) is 8.41. The molecule has 1 N–H and O–H groups in total. The number of benzene rings is 1. The van der Waals surface area contributed by atoms with Crippen LogP contribution in [0.25, 0.3) is 11.0 Å². The molecule has 0 spiro atoms. The summed E-state index contributed by atoms with van der Waals surface area (Å²) in [5, 5.41) is 2.92. The Bertz CT molecular complexity index is 989. The zero-order valence-corrected chi connectivity index (χ0v) is 17.6. The first-order valence-corrected chi connectivity index (χ1v) is 11.7. The van der Waals surface area contributed by atoms with Gasteiger partial charge in [0.2, 0.25) is 15.9 Å². The molecule has 1 aromatic heterocycles. The first-order valence-electron chi connectivity index (χ1n) is 10.3. The summed E-state index contributed by atoms with van der Waals surface area (Å²) >= 11 is 0. The fourth-order valence-corrected chi connectivity index (χ4v) is 5.58. The Hall–Kier alpha value is -1.97. The zero-order chi connectivity index (χ0) is 20.4. The van der Waals surface area contributed by atoms with Gasteiger partial charge in [0.1, 0.15) is 5.82 Å². The number of rotatable bonds is 7. The van der Waals surface area contributed by atoms with E-state index in [4.69, 9.17) is 4.74 Å². The van der Waals surface area contributed by atoms with Crippen molar-refractivity contribution >= 4 is 27.0 Å². The lowest BCUT2D eigenvalue weighted by atomic mass is 10.2. The number of carbonyl (C=O) groups excluding carboxylic acids is 1. The molecular formula is C20H28N4O4S. The number of sulfonamides is 1. The third-order valence-corrected chi connectivity index (χ3v) is 7.67. The van der Waals surface area contributed by atoms with E-state index >= 15 is 0 Å². The van der Waals surface area contributed by atoms with Crippen molar-refractivity contribution in [3.63, 3.8) is 0 Å². The van der Waals surface area contributed by atoms with Crippen molar-refractivity contribution in [2.24, 2.45) is 7.05 Å². The van der Waals surface area contributed by atoms with E-state index in [0.717, 1.165) is 43.6 Å². The maximum absolute atomic E-state index is 12.8. The topological polar surface area (TPSA) is 93.5 Å². The fraction of sp³-hybridized carbons (Fsp3) is 0.600. The first kappa shape index (κ1) is 20.3. The molecule has 158 valence electrons. The lowest BCUT2D eigenvalue weighted by molar-refractivity contribution is -0.121. The molecule has 2 aliphatic heterocycles. The Balaban J connectivity index is 1.43. The third-order valence-electron chi connectivity index (χ3n) is 5.77. The summed E-state index contributed by atoms with van der Waals surface area (Å²) in [6.45, 7) is 2.48. The third kappa shape index (κ3) is 4.31. The van der Waals surface area contributed by atoms with Crippen molar-refractivity contribution in [1.82, 2.24) is 19.2 Å². The molecule has 0 aliphatic carbocycles. The average Bonchev–Trinajstić information content (AvgIpc) is 3.46. The van der Waals surface area contributed by atoms with Crippen molar-refractivity contribution in [3.8, 4) is 0 Å². The Labute approximate surface area is 171 Å². The number of aryl methyl sites for hydroxylation is 2. The van der Waals surface area contributed by atoms with Gasteiger partial charge in [0.05, 0.1) is 22.0 Å². The maximum atomic E-state index is 12.8. The largest absolute Gasteiger partial charge is 0.376 e. The van der Waals surface area contributed by atoms with E-state index < -0.39 is 10.0 Å². The van der Waals surface area contributed by atoms with Crippen LogP contribution < -0.4 is 5.32 Å². The van der Waals surface area contributed by atoms with E-state index in [1.165, 1.54) is 4.31 Å². The van der Waals surface area contributed by atoms with E-state index in [2.05, 4.69) is 10.3 Å². The van der Waals surface area contributed by atoms with Crippen LogP contribution >= 0.6 is 0 Å². The van der Waals surface area contributed by atoms with Crippen LogP contribution in [-0.4, -0.2) is 60.5 Å². The lowest BCUT2D eigenvalue weighted by Gasteiger charge is -2.15. The lowest BCUT2D eigenvalue weighted by Crippen LogP contribution is -2.32. The van der Waals surface area contributed by atoms with Crippen molar-refractivity contribution in [2.75, 3.05) is 26.2 Å². The quantitative estimate of drug-likeness (QED) is 0.734. The molecule has 0 saturated carbocycles. The van der Waals surface area contributed by atoms with Crippen molar-refractivity contribution in [3.05, 3.63) is 24.0 Å². The molecule has 9 heteroatoms. The molecular weight excluding hydrogens is 392 g/mol. The molecule has 4 rings (SSSR count). The predicted molar refractivity (Wildman–Crippen MR) is 109 cm³/mol. The highest BCUT2D eigenvalue weighted by molar-refractivity contribution is 7.89. The van der Waals surface area contributed by atoms with Gasteiger partial charge < -0.3 is 14.6 Å². The van der Waals surface area contributed by atoms with Gasteiger partial charge in [-0.15, -0.1) is 0 Å². The second-order valence-corrected chi connectivity index (χ2v) is 9.73. The smallest absolute Gasteiger partial charge is 0.243 e. The number of ether oxygens (including phenoxy) is 1. The minimum absolute atomic E-state index is 0.0233. The number of fused-ring (bicyclic) bond motifs is 1. The van der Waals surface area contributed by atoms with E-state index in [-0.39, 0.29) is 16.9 Å². The van der Waals surface area contributed by atoms with Gasteiger partial charge in [-0.05, 0) is 43.9 Å². The van der Waals surface area contributed by atoms with Crippen LogP contribution in [0.1, 0.15) is 37.9 Å². The molecule has 2 aromatic rings. The minimum atomic E-state index is -3.47. The highest BCUT2D eigenvalue weighted by Gasteiger charge is 2.27. The normalized spacial score (nSPS) is 20.5. The molecule has 1 aromatic carbocycles. The van der Waals surface area contributed by atoms with Gasteiger partial charge >= 0.3 is 0 Å². The number of imidazole rings is 1. The Morgan fingerprint density at radius 3 is 2.79 bits per heavy atom. The van der Waals surface area contributed by atoms with E-state index in [1.54, 1.807) is 18.2 Å². The maximum Gasteiger partial charge on any atom is 0.243 e. The van der Waals surface area contributed by atoms with Crippen molar-refractivity contribution < 1.29 is 17.9 Å². The van der Waals surface area contributed by atoms with Crippen LogP contribution in [0.3, 0.4) is 0 Å². The average molecular weight is 421 g/mol. The molecule has 0 radical (unpaired) electrons. The van der Waals surface area contributed by atoms with Gasteiger partial charge in [0.25, 0.3) is 0 Å². The van der Waals surface area contributed by atoms with E-state index in [0.29, 0.717) is 38.0 Å². The van der Waals surface area contributed by atoms with Crippen LogP contribution in [0.5, 0.6) is 0 Å². The molecule has 29 heavy (non-hydrogen) atoms. The number of hydrogen-bond donors (Lipinski definition) is 1. The van der Waals surface area contributed by atoms with Gasteiger partial charge in [-0.3, -0.25) is 4.79 Å². The summed E-state index contributed by atoms with van der Waals surface area (Å²) < 4.78 is 34.6.